The molecule has 1 amide bonds. The van der Waals surface area contributed by atoms with Gasteiger partial charge in [0.25, 0.3) is 0 Å². The van der Waals surface area contributed by atoms with Crippen LogP contribution in [0.15, 0.2) is 4.99 Å². The van der Waals surface area contributed by atoms with E-state index in [1.165, 1.54) is 12.8 Å². The average molecular weight is 369 g/mol. The lowest BCUT2D eigenvalue weighted by atomic mass is 10.0. The standard InChI is InChI=1S/C19H36N4O3/c1-6-20-16(21-14-19(8-9-19)10-12-25-5)23-11-7-15(13-23)22-17(24)26-18(2,3)4/h15H,6-14H2,1-5H3,(H,20,21)(H,22,24)/t15-/m1/s1. The van der Waals surface area contributed by atoms with Gasteiger partial charge in [0.2, 0.25) is 0 Å². The molecule has 1 saturated carbocycles. The summed E-state index contributed by atoms with van der Waals surface area (Å²) in [5.74, 6) is 0.949. The van der Waals surface area contributed by atoms with E-state index in [9.17, 15) is 4.79 Å². The maximum absolute atomic E-state index is 12.0. The summed E-state index contributed by atoms with van der Waals surface area (Å²) in [5, 5.41) is 6.37. The van der Waals surface area contributed by atoms with Crippen LogP contribution in [0, 0.1) is 5.41 Å². The number of hydrogen-bond donors (Lipinski definition) is 2. The number of alkyl carbamates (subject to hydrolysis) is 1. The summed E-state index contributed by atoms with van der Waals surface area (Å²) in [7, 11) is 1.76. The van der Waals surface area contributed by atoms with Gasteiger partial charge in [-0.05, 0) is 58.8 Å². The molecule has 26 heavy (non-hydrogen) atoms. The lowest BCUT2D eigenvalue weighted by Gasteiger charge is -2.24. The molecule has 1 aliphatic carbocycles. The van der Waals surface area contributed by atoms with Crippen LogP contribution in [0.25, 0.3) is 0 Å². The monoisotopic (exact) mass is 368 g/mol. The van der Waals surface area contributed by atoms with Crippen molar-refractivity contribution in [2.24, 2.45) is 10.4 Å². The molecule has 7 nitrogen and oxygen atoms in total. The van der Waals surface area contributed by atoms with Gasteiger partial charge in [-0.25, -0.2) is 4.79 Å². The molecule has 1 heterocycles. The molecular weight excluding hydrogens is 332 g/mol. The Labute approximate surface area is 157 Å². The number of nitrogens with one attached hydrogen (secondary N) is 2. The highest BCUT2D eigenvalue weighted by Crippen LogP contribution is 2.49. The average Bonchev–Trinajstić information content (AvgIpc) is 3.17. The minimum atomic E-state index is -0.473. The van der Waals surface area contributed by atoms with Gasteiger partial charge in [-0.2, -0.15) is 0 Å². The smallest absolute Gasteiger partial charge is 0.407 e. The normalized spacial score (nSPS) is 22.3. The van der Waals surface area contributed by atoms with Crippen LogP contribution in [-0.4, -0.2) is 68.5 Å². The third-order valence-electron chi connectivity index (χ3n) is 4.90. The quantitative estimate of drug-likeness (QED) is 0.533. The molecule has 0 aromatic rings. The number of amides is 1. The first-order chi connectivity index (χ1) is 12.3. The molecule has 1 aliphatic heterocycles. The van der Waals surface area contributed by atoms with E-state index in [0.717, 1.165) is 51.6 Å². The number of ether oxygens (including phenoxy) is 2. The van der Waals surface area contributed by atoms with Gasteiger partial charge in [0.1, 0.15) is 5.60 Å². The number of guanidine groups is 1. The number of methoxy groups -OCH3 is 1. The van der Waals surface area contributed by atoms with Crippen LogP contribution in [0.4, 0.5) is 4.79 Å². The zero-order valence-corrected chi connectivity index (χ0v) is 17.1. The fourth-order valence-electron chi connectivity index (χ4n) is 3.20. The SMILES string of the molecule is CCNC(=NCC1(CCOC)CC1)N1CC[C@@H](NC(=O)OC(C)(C)C)C1. The Hall–Kier alpha value is -1.50. The van der Waals surface area contributed by atoms with Crippen molar-refractivity contribution in [1.82, 2.24) is 15.5 Å². The summed E-state index contributed by atoms with van der Waals surface area (Å²) in [5.41, 5.74) is -0.135. The van der Waals surface area contributed by atoms with Crippen molar-refractivity contribution in [3.05, 3.63) is 0 Å². The van der Waals surface area contributed by atoms with Gasteiger partial charge in [-0.15, -0.1) is 0 Å². The molecule has 0 aromatic carbocycles. The van der Waals surface area contributed by atoms with Crippen LogP contribution in [0.3, 0.4) is 0 Å². The molecule has 0 aromatic heterocycles. The lowest BCUT2D eigenvalue weighted by Crippen LogP contribution is -2.44. The maximum Gasteiger partial charge on any atom is 0.407 e. The third-order valence-corrected chi connectivity index (χ3v) is 4.90. The van der Waals surface area contributed by atoms with E-state index in [1.54, 1.807) is 7.11 Å². The second-order valence-electron chi connectivity index (χ2n) is 8.49. The molecule has 2 fully saturated rings. The Bertz CT molecular complexity index is 498. The van der Waals surface area contributed by atoms with Gasteiger partial charge < -0.3 is 25.0 Å². The molecule has 150 valence electrons. The highest BCUT2D eigenvalue weighted by Gasteiger charge is 2.42. The Balaban J connectivity index is 1.86. The summed E-state index contributed by atoms with van der Waals surface area (Å²) in [6.45, 7) is 11.8. The Morgan fingerprint density at radius 3 is 2.65 bits per heavy atom. The molecule has 0 bridgehead atoms. The van der Waals surface area contributed by atoms with Gasteiger partial charge in [0.15, 0.2) is 5.96 Å². The number of nitrogens with zero attached hydrogens (tertiary/aromatic N) is 2. The largest absolute Gasteiger partial charge is 0.444 e. The molecule has 2 aliphatic rings. The van der Waals surface area contributed by atoms with Crippen molar-refractivity contribution in [3.8, 4) is 0 Å². The second-order valence-corrected chi connectivity index (χ2v) is 8.49. The number of rotatable bonds is 7. The third kappa shape index (κ3) is 6.67. The molecule has 1 saturated heterocycles. The van der Waals surface area contributed by atoms with Crippen LogP contribution in [0.5, 0.6) is 0 Å². The van der Waals surface area contributed by atoms with E-state index in [2.05, 4.69) is 22.5 Å². The Kier molecular flexibility index (Phi) is 7.15. The Morgan fingerprint density at radius 1 is 1.35 bits per heavy atom. The summed E-state index contributed by atoms with van der Waals surface area (Å²) in [6.07, 6.45) is 4.11. The number of hydrogen-bond acceptors (Lipinski definition) is 4. The predicted octanol–water partition coefficient (Wildman–Crippen LogP) is 2.37. The highest BCUT2D eigenvalue weighted by atomic mass is 16.6. The zero-order valence-electron chi connectivity index (χ0n) is 17.1. The highest BCUT2D eigenvalue weighted by molar-refractivity contribution is 5.80. The van der Waals surface area contributed by atoms with E-state index in [1.807, 2.05) is 20.8 Å². The number of likely N-dealkylation sites (tertiary alicyclic amines) is 1. The maximum atomic E-state index is 12.0. The first-order valence-corrected chi connectivity index (χ1v) is 9.79. The van der Waals surface area contributed by atoms with Crippen LogP contribution in [0.1, 0.15) is 53.4 Å². The van der Waals surface area contributed by atoms with E-state index < -0.39 is 5.60 Å². The van der Waals surface area contributed by atoms with Crippen molar-refractivity contribution in [3.63, 3.8) is 0 Å². The molecule has 0 unspecified atom stereocenters. The van der Waals surface area contributed by atoms with E-state index in [4.69, 9.17) is 14.5 Å². The number of aliphatic imine (C=N–C) groups is 1. The van der Waals surface area contributed by atoms with Gasteiger partial charge >= 0.3 is 6.09 Å². The van der Waals surface area contributed by atoms with Crippen molar-refractivity contribution >= 4 is 12.1 Å². The molecule has 1 atom stereocenters. The molecule has 7 heteroatoms. The van der Waals surface area contributed by atoms with Crippen LogP contribution >= 0.6 is 0 Å². The summed E-state index contributed by atoms with van der Waals surface area (Å²) in [6, 6.07) is 0.0945. The van der Waals surface area contributed by atoms with Crippen LogP contribution in [-0.2, 0) is 9.47 Å². The molecule has 0 spiro atoms. The Morgan fingerprint density at radius 2 is 2.08 bits per heavy atom. The van der Waals surface area contributed by atoms with E-state index >= 15 is 0 Å². The van der Waals surface area contributed by atoms with Gasteiger partial charge in [-0.3, -0.25) is 4.99 Å². The lowest BCUT2D eigenvalue weighted by molar-refractivity contribution is 0.0507. The minimum absolute atomic E-state index is 0.0945. The van der Waals surface area contributed by atoms with Crippen molar-refractivity contribution < 1.29 is 14.3 Å². The van der Waals surface area contributed by atoms with E-state index in [0.29, 0.717) is 5.41 Å². The second kappa shape index (κ2) is 8.93. The van der Waals surface area contributed by atoms with Crippen LogP contribution in [0.2, 0.25) is 0 Å². The molecule has 2 rings (SSSR count). The summed E-state index contributed by atoms with van der Waals surface area (Å²) >= 11 is 0. The van der Waals surface area contributed by atoms with Crippen molar-refractivity contribution in [2.75, 3.05) is 39.9 Å². The number of carbonyl (C=O) groups excluding carboxylic acids is 1. The fraction of sp³-hybridized carbons (Fsp3) is 0.895. The van der Waals surface area contributed by atoms with Gasteiger partial charge in [0.05, 0.1) is 6.04 Å². The van der Waals surface area contributed by atoms with Gasteiger partial charge in [0, 0.05) is 39.9 Å². The molecule has 2 N–H and O–H groups in total. The zero-order chi connectivity index (χ0) is 19.2. The first-order valence-electron chi connectivity index (χ1n) is 9.79. The summed E-state index contributed by atoms with van der Waals surface area (Å²) < 4.78 is 10.6. The molecule has 0 radical (unpaired) electrons. The topological polar surface area (TPSA) is 75.2 Å². The minimum Gasteiger partial charge on any atom is -0.444 e. The van der Waals surface area contributed by atoms with Gasteiger partial charge in [-0.1, -0.05) is 0 Å². The van der Waals surface area contributed by atoms with E-state index in [-0.39, 0.29) is 12.1 Å². The number of carbonyl (C=O) groups is 1. The van der Waals surface area contributed by atoms with Crippen molar-refractivity contribution in [1.29, 1.82) is 0 Å². The molecular formula is C19H36N4O3. The summed E-state index contributed by atoms with van der Waals surface area (Å²) in [4.78, 5) is 19.1. The first kappa shape index (κ1) is 20.8. The predicted molar refractivity (Wildman–Crippen MR) is 103 cm³/mol. The van der Waals surface area contributed by atoms with Crippen LogP contribution < -0.4 is 10.6 Å². The van der Waals surface area contributed by atoms with Crippen molar-refractivity contribution in [2.45, 2.75) is 65.0 Å². The fourth-order valence-corrected chi connectivity index (χ4v) is 3.20.